The number of urea groups is 1. The van der Waals surface area contributed by atoms with Gasteiger partial charge >= 0.3 is 12.0 Å². The molecule has 0 aromatic heterocycles. The molecule has 242 valence electrons. The van der Waals surface area contributed by atoms with E-state index in [4.69, 9.17) is 9.47 Å². The Labute approximate surface area is 259 Å². The van der Waals surface area contributed by atoms with Gasteiger partial charge in [-0.15, -0.1) is 0 Å². The first-order valence-corrected chi connectivity index (χ1v) is 16.7. The number of imide groups is 1. The van der Waals surface area contributed by atoms with E-state index in [2.05, 4.69) is 5.32 Å². The molecule has 0 spiro atoms. The van der Waals surface area contributed by atoms with Gasteiger partial charge in [0, 0.05) is 32.2 Å². The zero-order valence-electron chi connectivity index (χ0n) is 25.4. The van der Waals surface area contributed by atoms with Gasteiger partial charge in [-0.25, -0.2) is 22.4 Å². The van der Waals surface area contributed by atoms with Crippen LogP contribution in [0.1, 0.15) is 68.2 Å². The SMILES string of the molecule is CC(=O)OCc1cc([C@@H](O)CNCCCCCCOCCCCc2cccc(N3C(=O)CN(S(C)(=O)=O)C3=O)c2)ccc1O. The number of rotatable bonds is 19. The van der Waals surface area contributed by atoms with Crippen LogP contribution < -0.4 is 10.2 Å². The minimum atomic E-state index is -3.81. The van der Waals surface area contributed by atoms with Gasteiger partial charge in [-0.1, -0.05) is 31.0 Å². The lowest BCUT2D eigenvalue weighted by molar-refractivity contribution is -0.142. The predicted octanol–water partition coefficient (Wildman–Crippen LogP) is 3.41. The van der Waals surface area contributed by atoms with Gasteiger partial charge in [0.2, 0.25) is 10.0 Å². The molecule has 1 aliphatic rings. The van der Waals surface area contributed by atoms with E-state index in [0.29, 0.717) is 40.9 Å². The predicted molar refractivity (Wildman–Crippen MR) is 165 cm³/mol. The molecule has 3 amide bonds. The molecule has 0 aliphatic carbocycles. The summed E-state index contributed by atoms with van der Waals surface area (Å²) in [6, 6.07) is 11.0. The van der Waals surface area contributed by atoms with Crippen LogP contribution in [0.5, 0.6) is 5.75 Å². The second-order valence-electron chi connectivity index (χ2n) is 10.8. The van der Waals surface area contributed by atoms with Crippen molar-refractivity contribution >= 4 is 33.6 Å². The van der Waals surface area contributed by atoms with Gasteiger partial charge in [-0.2, -0.15) is 0 Å². The molecular weight excluding hydrogens is 590 g/mol. The number of aromatic hydroxyl groups is 1. The number of ether oxygens (including phenoxy) is 2. The van der Waals surface area contributed by atoms with Crippen LogP contribution in [0.2, 0.25) is 0 Å². The van der Waals surface area contributed by atoms with Crippen LogP contribution in [0.3, 0.4) is 0 Å². The van der Waals surface area contributed by atoms with Crippen LogP contribution in [-0.4, -0.2) is 79.9 Å². The van der Waals surface area contributed by atoms with Gasteiger partial charge in [-0.05, 0) is 74.0 Å². The molecule has 1 heterocycles. The van der Waals surface area contributed by atoms with Crippen LogP contribution >= 0.6 is 0 Å². The lowest BCUT2D eigenvalue weighted by Gasteiger charge is -2.16. The quantitative estimate of drug-likeness (QED) is 0.119. The molecule has 0 unspecified atom stereocenters. The van der Waals surface area contributed by atoms with Gasteiger partial charge in [-0.3, -0.25) is 9.59 Å². The molecule has 0 saturated carbocycles. The number of benzene rings is 2. The lowest BCUT2D eigenvalue weighted by Crippen LogP contribution is -2.36. The van der Waals surface area contributed by atoms with E-state index in [0.717, 1.165) is 68.2 Å². The fourth-order valence-electron chi connectivity index (χ4n) is 4.75. The third-order valence-electron chi connectivity index (χ3n) is 7.16. The Bertz CT molecular complexity index is 1380. The maximum Gasteiger partial charge on any atom is 0.345 e. The number of nitrogens with zero attached hydrogens (tertiary/aromatic N) is 2. The van der Waals surface area contributed by atoms with Crippen molar-refractivity contribution in [3.05, 3.63) is 59.2 Å². The zero-order valence-corrected chi connectivity index (χ0v) is 26.2. The number of carbonyl (C=O) groups is 3. The molecule has 0 bridgehead atoms. The summed E-state index contributed by atoms with van der Waals surface area (Å²) in [7, 11) is -3.81. The molecule has 1 aliphatic heterocycles. The molecule has 12 nitrogen and oxygen atoms in total. The number of hydrogen-bond donors (Lipinski definition) is 3. The summed E-state index contributed by atoms with van der Waals surface area (Å²) in [6.07, 6.45) is 6.66. The number of phenolic OH excluding ortho intramolecular Hbond substituents is 1. The van der Waals surface area contributed by atoms with Crippen molar-refractivity contribution in [2.45, 2.75) is 64.6 Å². The second kappa shape index (κ2) is 17.1. The van der Waals surface area contributed by atoms with Crippen molar-refractivity contribution < 1.29 is 42.5 Å². The molecule has 1 fully saturated rings. The number of esters is 1. The fraction of sp³-hybridized carbons (Fsp3) is 0.516. The van der Waals surface area contributed by atoms with E-state index in [-0.39, 0.29) is 12.4 Å². The third-order valence-corrected chi connectivity index (χ3v) is 8.24. The number of amides is 3. The summed E-state index contributed by atoms with van der Waals surface area (Å²) in [5.41, 5.74) is 2.41. The molecule has 13 heteroatoms. The van der Waals surface area contributed by atoms with Gasteiger partial charge in [0.05, 0.1) is 18.0 Å². The number of carbonyl (C=O) groups excluding carboxylic acids is 3. The molecule has 44 heavy (non-hydrogen) atoms. The molecule has 2 aromatic rings. The number of sulfonamides is 1. The Morgan fingerprint density at radius 3 is 2.45 bits per heavy atom. The number of anilines is 1. The highest BCUT2D eigenvalue weighted by molar-refractivity contribution is 7.89. The average molecular weight is 634 g/mol. The topological polar surface area (TPSA) is 163 Å². The Balaban J connectivity index is 1.21. The summed E-state index contributed by atoms with van der Waals surface area (Å²) in [5.74, 6) is -0.990. The third kappa shape index (κ3) is 10.9. The van der Waals surface area contributed by atoms with E-state index in [1.807, 2.05) is 6.07 Å². The number of phenols is 1. The summed E-state index contributed by atoms with van der Waals surface area (Å²) in [6.45, 7) is 3.25. The number of aryl methyl sites for hydroxylation is 1. The van der Waals surface area contributed by atoms with Gasteiger partial charge < -0.3 is 25.0 Å². The summed E-state index contributed by atoms with van der Waals surface area (Å²) in [5, 5.41) is 23.6. The first kappa shape index (κ1) is 35.0. The van der Waals surface area contributed by atoms with Crippen LogP contribution in [-0.2, 0) is 42.1 Å². The second-order valence-corrected chi connectivity index (χ2v) is 12.7. The fourth-order valence-corrected chi connectivity index (χ4v) is 5.46. The molecule has 3 N–H and O–H groups in total. The van der Waals surface area contributed by atoms with E-state index in [9.17, 15) is 33.0 Å². The van der Waals surface area contributed by atoms with Gasteiger partial charge in [0.1, 0.15) is 18.9 Å². The number of nitrogens with one attached hydrogen (secondary N) is 1. The first-order valence-electron chi connectivity index (χ1n) is 14.8. The normalized spacial score (nSPS) is 14.3. The summed E-state index contributed by atoms with van der Waals surface area (Å²) in [4.78, 5) is 36.7. The van der Waals surface area contributed by atoms with Crippen molar-refractivity contribution in [1.82, 2.24) is 9.62 Å². The standard InChI is InChI=1S/C31H43N3O9S/c1-23(35)43-22-26-19-25(13-14-28(26)36)29(37)20-32-15-6-3-4-7-16-42-17-8-5-10-24-11-9-12-27(18-24)34-30(38)21-33(31(34)39)44(2,40)41/h9,11-14,18-19,29,32,36-37H,3-8,10,15-17,20-22H2,1-2H3/t29-/m0/s1. The Hall–Kier alpha value is -3.52. The zero-order chi connectivity index (χ0) is 32.1. The maximum atomic E-state index is 12.5. The number of unbranched alkanes of at least 4 members (excludes halogenated alkanes) is 4. The summed E-state index contributed by atoms with van der Waals surface area (Å²) < 4.78 is 34.8. The van der Waals surface area contributed by atoms with Crippen molar-refractivity contribution in [2.24, 2.45) is 0 Å². The molecule has 1 saturated heterocycles. The molecule has 0 radical (unpaired) electrons. The van der Waals surface area contributed by atoms with Crippen molar-refractivity contribution in [1.29, 1.82) is 0 Å². The van der Waals surface area contributed by atoms with Crippen LogP contribution in [0.15, 0.2) is 42.5 Å². The minimum Gasteiger partial charge on any atom is -0.508 e. The molecular formula is C31H43N3O9S. The average Bonchev–Trinajstić information content (AvgIpc) is 3.29. The van der Waals surface area contributed by atoms with Crippen molar-refractivity contribution in [3.63, 3.8) is 0 Å². The highest BCUT2D eigenvalue weighted by Crippen LogP contribution is 2.25. The van der Waals surface area contributed by atoms with E-state index in [1.54, 1.807) is 30.3 Å². The number of hydrogen-bond acceptors (Lipinski definition) is 10. The van der Waals surface area contributed by atoms with E-state index in [1.165, 1.54) is 13.0 Å². The highest BCUT2D eigenvalue weighted by Gasteiger charge is 2.41. The van der Waals surface area contributed by atoms with Crippen LogP contribution in [0, 0.1) is 0 Å². The molecule has 1 atom stereocenters. The first-order chi connectivity index (χ1) is 21.0. The van der Waals surface area contributed by atoms with Gasteiger partial charge in [0.15, 0.2) is 0 Å². The maximum absolute atomic E-state index is 12.5. The van der Waals surface area contributed by atoms with Crippen molar-refractivity contribution in [2.75, 3.05) is 44.0 Å². The highest BCUT2D eigenvalue weighted by atomic mass is 32.2. The Morgan fingerprint density at radius 2 is 1.75 bits per heavy atom. The smallest absolute Gasteiger partial charge is 0.345 e. The number of aliphatic hydroxyl groups excluding tert-OH is 1. The monoisotopic (exact) mass is 633 g/mol. The Kier molecular flexibility index (Phi) is 13.6. The lowest BCUT2D eigenvalue weighted by atomic mass is 10.1. The summed E-state index contributed by atoms with van der Waals surface area (Å²) >= 11 is 0. The van der Waals surface area contributed by atoms with Crippen LogP contribution in [0.25, 0.3) is 0 Å². The van der Waals surface area contributed by atoms with Crippen molar-refractivity contribution in [3.8, 4) is 5.75 Å². The van der Waals surface area contributed by atoms with Gasteiger partial charge in [0.25, 0.3) is 5.91 Å². The van der Waals surface area contributed by atoms with E-state index >= 15 is 0 Å². The molecule has 2 aromatic carbocycles. The largest absolute Gasteiger partial charge is 0.508 e. The number of aliphatic hydroxyl groups is 1. The minimum absolute atomic E-state index is 0.0183. The Morgan fingerprint density at radius 1 is 1.02 bits per heavy atom. The molecule has 3 rings (SSSR count). The van der Waals surface area contributed by atoms with E-state index < -0.39 is 40.6 Å². The van der Waals surface area contributed by atoms with Crippen LogP contribution in [0.4, 0.5) is 10.5 Å².